The van der Waals surface area contributed by atoms with E-state index in [2.05, 4.69) is 15.5 Å². The van der Waals surface area contributed by atoms with Crippen molar-refractivity contribution in [1.82, 2.24) is 10.2 Å². The first-order chi connectivity index (χ1) is 8.86. The van der Waals surface area contributed by atoms with Crippen molar-refractivity contribution < 1.29 is 4.79 Å². The molecule has 4 heteroatoms. The Bertz CT molecular complexity index is 576. The molecule has 1 aromatic carbocycles. The number of carbonyl (C=O) groups is 1. The van der Waals surface area contributed by atoms with Crippen LogP contribution < -0.4 is 5.32 Å². The minimum atomic E-state index is -0.391. The molecule has 0 aliphatic heterocycles. The van der Waals surface area contributed by atoms with E-state index in [0.29, 0.717) is 0 Å². The Kier molecular flexibility index (Phi) is 3.42. The maximum Gasteiger partial charge on any atom is 0.229 e. The van der Waals surface area contributed by atoms with Crippen LogP contribution in [0.4, 0.5) is 5.69 Å². The van der Waals surface area contributed by atoms with Crippen LogP contribution in [0, 0.1) is 12.3 Å². The molecule has 0 fully saturated rings. The van der Waals surface area contributed by atoms with Crippen molar-refractivity contribution in [3.05, 3.63) is 36.0 Å². The fourth-order valence-electron chi connectivity index (χ4n) is 1.61. The average Bonchev–Trinajstić information content (AvgIpc) is 2.75. The first kappa shape index (κ1) is 13.3. The summed E-state index contributed by atoms with van der Waals surface area (Å²) in [5.41, 5.74) is 3.37. The number of aromatic amines is 1. The number of hydrogen-bond acceptors (Lipinski definition) is 2. The molecule has 0 saturated carbocycles. The minimum Gasteiger partial charge on any atom is -0.326 e. The first-order valence-electron chi connectivity index (χ1n) is 6.30. The maximum atomic E-state index is 11.9. The smallest absolute Gasteiger partial charge is 0.229 e. The predicted molar refractivity (Wildman–Crippen MR) is 76.8 cm³/mol. The number of rotatable bonds is 2. The van der Waals surface area contributed by atoms with E-state index in [-0.39, 0.29) is 5.91 Å². The van der Waals surface area contributed by atoms with Gasteiger partial charge in [-0.15, -0.1) is 0 Å². The zero-order valence-electron chi connectivity index (χ0n) is 11.7. The number of nitrogens with zero attached hydrogens (tertiary/aromatic N) is 1. The maximum absolute atomic E-state index is 11.9. The van der Waals surface area contributed by atoms with Crippen LogP contribution in [0.2, 0.25) is 0 Å². The monoisotopic (exact) mass is 257 g/mol. The summed E-state index contributed by atoms with van der Waals surface area (Å²) in [6, 6.07) is 9.68. The van der Waals surface area contributed by atoms with E-state index in [1.807, 2.05) is 58.0 Å². The fraction of sp³-hybridized carbons (Fsp3) is 0.333. The molecule has 0 aliphatic rings. The van der Waals surface area contributed by atoms with Gasteiger partial charge in [0.1, 0.15) is 0 Å². The van der Waals surface area contributed by atoms with Gasteiger partial charge >= 0.3 is 0 Å². The van der Waals surface area contributed by atoms with Gasteiger partial charge < -0.3 is 5.32 Å². The molecule has 1 aromatic heterocycles. The van der Waals surface area contributed by atoms with E-state index >= 15 is 0 Å². The number of H-pyrrole nitrogens is 1. The molecule has 0 unspecified atom stereocenters. The average molecular weight is 257 g/mol. The van der Waals surface area contributed by atoms with Crippen molar-refractivity contribution in [2.45, 2.75) is 27.7 Å². The number of aromatic nitrogens is 2. The normalized spacial score (nSPS) is 11.4. The van der Waals surface area contributed by atoms with Gasteiger partial charge in [-0.3, -0.25) is 9.89 Å². The van der Waals surface area contributed by atoms with E-state index in [1.165, 1.54) is 0 Å². The minimum absolute atomic E-state index is 0.0101. The van der Waals surface area contributed by atoms with Crippen molar-refractivity contribution in [2.24, 2.45) is 5.41 Å². The van der Waals surface area contributed by atoms with Gasteiger partial charge in [0, 0.05) is 22.4 Å². The molecular formula is C15H19N3O. The van der Waals surface area contributed by atoms with Crippen LogP contribution in [0.25, 0.3) is 11.3 Å². The van der Waals surface area contributed by atoms with Crippen LogP contribution >= 0.6 is 0 Å². The van der Waals surface area contributed by atoms with Crippen LogP contribution in [0.5, 0.6) is 0 Å². The summed E-state index contributed by atoms with van der Waals surface area (Å²) in [4.78, 5) is 11.9. The van der Waals surface area contributed by atoms with Crippen LogP contribution in [-0.2, 0) is 4.79 Å². The van der Waals surface area contributed by atoms with Crippen LogP contribution in [0.15, 0.2) is 30.3 Å². The third-order valence-electron chi connectivity index (χ3n) is 2.83. The zero-order chi connectivity index (χ0) is 14.0. The zero-order valence-corrected chi connectivity index (χ0v) is 11.7. The Labute approximate surface area is 113 Å². The van der Waals surface area contributed by atoms with E-state index < -0.39 is 5.41 Å². The number of carbonyl (C=O) groups excluding carboxylic acids is 1. The number of nitrogens with one attached hydrogen (secondary N) is 2. The Morgan fingerprint density at radius 2 is 1.84 bits per heavy atom. The van der Waals surface area contributed by atoms with Crippen molar-refractivity contribution in [3.63, 3.8) is 0 Å². The van der Waals surface area contributed by atoms with E-state index in [4.69, 9.17) is 0 Å². The first-order valence-corrected chi connectivity index (χ1v) is 6.30. The third kappa shape index (κ3) is 3.22. The van der Waals surface area contributed by atoms with Gasteiger partial charge in [-0.2, -0.15) is 5.10 Å². The molecule has 0 saturated heterocycles. The van der Waals surface area contributed by atoms with E-state index in [1.54, 1.807) is 0 Å². The quantitative estimate of drug-likeness (QED) is 0.866. The van der Waals surface area contributed by atoms with Crippen LogP contribution in [-0.4, -0.2) is 16.1 Å². The van der Waals surface area contributed by atoms with Gasteiger partial charge in [0.2, 0.25) is 5.91 Å². The highest BCUT2D eigenvalue weighted by Crippen LogP contribution is 2.22. The van der Waals surface area contributed by atoms with E-state index in [9.17, 15) is 4.79 Å². The SMILES string of the molecule is Cc1cc(-c2ccc(NC(=O)C(C)(C)C)cc2)n[nH]1. The molecule has 0 atom stereocenters. The lowest BCUT2D eigenvalue weighted by Crippen LogP contribution is -2.27. The lowest BCUT2D eigenvalue weighted by atomic mass is 9.95. The molecule has 0 bridgehead atoms. The second-order valence-corrected chi connectivity index (χ2v) is 5.72. The predicted octanol–water partition coefficient (Wildman–Crippen LogP) is 3.37. The van der Waals surface area contributed by atoms with Crippen molar-refractivity contribution in [2.75, 3.05) is 5.32 Å². The molecular weight excluding hydrogens is 238 g/mol. The van der Waals surface area contributed by atoms with Gasteiger partial charge in [0.05, 0.1) is 5.69 Å². The Morgan fingerprint density at radius 1 is 1.21 bits per heavy atom. The summed E-state index contributed by atoms with van der Waals surface area (Å²) in [5.74, 6) is 0.0101. The second-order valence-electron chi connectivity index (χ2n) is 5.72. The van der Waals surface area contributed by atoms with Crippen molar-refractivity contribution in [3.8, 4) is 11.3 Å². The second kappa shape index (κ2) is 4.88. The van der Waals surface area contributed by atoms with Crippen LogP contribution in [0.1, 0.15) is 26.5 Å². The summed E-state index contributed by atoms with van der Waals surface area (Å²) in [5, 5.41) is 10.0. The van der Waals surface area contributed by atoms with Crippen molar-refractivity contribution >= 4 is 11.6 Å². The highest BCUT2D eigenvalue weighted by Gasteiger charge is 2.20. The Morgan fingerprint density at radius 3 is 2.32 bits per heavy atom. The number of benzene rings is 1. The lowest BCUT2D eigenvalue weighted by Gasteiger charge is -2.17. The number of anilines is 1. The van der Waals surface area contributed by atoms with Gasteiger partial charge in [-0.1, -0.05) is 32.9 Å². The van der Waals surface area contributed by atoms with Gasteiger partial charge in [-0.25, -0.2) is 0 Å². The van der Waals surface area contributed by atoms with Gasteiger partial charge in [0.15, 0.2) is 0 Å². The number of aryl methyl sites for hydroxylation is 1. The van der Waals surface area contributed by atoms with Crippen molar-refractivity contribution in [1.29, 1.82) is 0 Å². The summed E-state index contributed by atoms with van der Waals surface area (Å²) in [6.07, 6.45) is 0. The fourth-order valence-corrected chi connectivity index (χ4v) is 1.61. The summed E-state index contributed by atoms with van der Waals surface area (Å²) in [7, 11) is 0. The number of amides is 1. The standard InChI is InChI=1S/C15H19N3O/c1-10-9-13(18-17-10)11-5-7-12(8-6-11)16-14(19)15(2,3)4/h5-9H,1-4H3,(H,16,19)(H,17,18). The lowest BCUT2D eigenvalue weighted by molar-refractivity contribution is -0.123. The largest absolute Gasteiger partial charge is 0.326 e. The molecule has 1 amide bonds. The molecule has 2 N–H and O–H groups in total. The summed E-state index contributed by atoms with van der Waals surface area (Å²) >= 11 is 0. The summed E-state index contributed by atoms with van der Waals surface area (Å²) < 4.78 is 0. The molecule has 2 aromatic rings. The molecule has 1 heterocycles. The molecule has 19 heavy (non-hydrogen) atoms. The van der Waals surface area contributed by atoms with Gasteiger partial charge in [0.25, 0.3) is 0 Å². The molecule has 2 rings (SSSR count). The molecule has 0 aliphatic carbocycles. The number of hydrogen-bond donors (Lipinski definition) is 2. The van der Waals surface area contributed by atoms with Gasteiger partial charge in [-0.05, 0) is 25.1 Å². The molecule has 0 spiro atoms. The third-order valence-corrected chi connectivity index (χ3v) is 2.83. The summed E-state index contributed by atoms with van der Waals surface area (Å²) in [6.45, 7) is 7.64. The molecule has 4 nitrogen and oxygen atoms in total. The Hall–Kier alpha value is -2.10. The highest BCUT2D eigenvalue weighted by molar-refractivity contribution is 5.94. The highest BCUT2D eigenvalue weighted by atomic mass is 16.2. The molecule has 100 valence electrons. The topological polar surface area (TPSA) is 57.8 Å². The Balaban J connectivity index is 2.13. The van der Waals surface area contributed by atoms with Crippen LogP contribution in [0.3, 0.4) is 0 Å². The molecule has 0 radical (unpaired) electrons. The van der Waals surface area contributed by atoms with E-state index in [0.717, 1.165) is 22.6 Å².